The molecule has 0 bridgehead atoms. The lowest BCUT2D eigenvalue weighted by molar-refractivity contribution is 0.102. The average Bonchev–Trinajstić information content (AvgIpc) is 3.74. The van der Waals surface area contributed by atoms with Crippen molar-refractivity contribution in [3.05, 3.63) is 76.3 Å². The summed E-state index contributed by atoms with van der Waals surface area (Å²) in [4.78, 5) is 26.0. The number of nitrogens with zero attached hydrogens (tertiary/aromatic N) is 3. The number of ketones is 1. The van der Waals surface area contributed by atoms with Crippen LogP contribution < -0.4 is 21.0 Å². The highest BCUT2D eigenvalue weighted by molar-refractivity contribution is 7.17. The average molecular weight is 565 g/mol. The number of allylic oxidation sites excluding steroid dienone is 1. The van der Waals surface area contributed by atoms with Crippen molar-refractivity contribution in [3.63, 3.8) is 0 Å². The molecule has 0 saturated heterocycles. The molecule has 0 aromatic carbocycles. The Bertz CT molecular complexity index is 1870. The maximum atomic E-state index is 11.9. The topological polar surface area (TPSA) is 123 Å². The quantitative estimate of drug-likeness (QED) is 0.222. The van der Waals surface area contributed by atoms with E-state index in [1.165, 1.54) is 30.6 Å². The Kier molecular flexibility index (Phi) is 7.52. The summed E-state index contributed by atoms with van der Waals surface area (Å²) in [7, 11) is 0. The van der Waals surface area contributed by atoms with Crippen LogP contribution in [0.15, 0.2) is 55.3 Å². The summed E-state index contributed by atoms with van der Waals surface area (Å²) < 4.78 is 6.26. The lowest BCUT2D eigenvalue weighted by Crippen LogP contribution is -2.23. The first-order chi connectivity index (χ1) is 20.0. The van der Waals surface area contributed by atoms with E-state index in [0.29, 0.717) is 0 Å². The molecule has 5 aromatic rings. The summed E-state index contributed by atoms with van der Waals surface area (Å²) in [5.74, 6) is 0.815. The fraction of sp³-hybridized carbons (Fsp3) is 0.250. The van der Waals surface area contributed by atoms with Crippen molar-refractivity contribution in [2.24, 2.45) is 5.73 Å². The number of H-pyrrole nitrogens is 2. The summed E-state index contributed by atoms with van der Waals surface area (Å²) in [6, 6.07) is 7.92. The number of pyridine rings is 2. The number of ether oxygens (including phenoxy) is 1. The molecule has 41 heavy (non-hydrogen) atoms. The fourth-order valence-electron chi connectivity index (χ4n) is 5.38. The van der Waals surface area contributed by atoms with E-state index in [2.05, 4.69) is 31.2 Å². The lowest BCUT2D eigenvalue weighted by Gasteiger charge is -2.23. The van der Waals surface area contributed by atoms with Gasteiger partial charge in [-0.05, 0) is 75.4 Å². The Morgan fingerprint density at radius 2 is 1.93 bits per heavy atom. The highest BCUT2D eigenvalue weighted by Crippen LogP contribution is 2.35. The summed E-state index contributed by atoms with van der Waals surface area (Å²) in [5, 5.41) is 10.6. The van der Waals surface area contributed by atoms with Gasteiger partial charge in [-0.15, -0.1) is 11.3 Å². The smallest absolute Gasteiger partial charge is 0.169 e. The molecule has 1 saturated carbocycles. The van der Waals surface area contributed by atoms with Gasteiger partial charge in [-0.25, -0.2) is 0 Å². The Labute approximate surface area is 241 Å². The van der Waals surface area contributed by atoms with Crippen LogP contribution in [0.4, 0.5) is 0 Å². The molecular weight excluding hydrogens is 532 g/mol. The monoisotopic (exact) mass is 564 g/mol. The molecule has 8 nitrogen and oxygen atoms in total. The van der Waals surface area contributed by atoms with Crippen molar-refractivity contribution in [2.75, 3.05) is 0 Å². The number of fused-ring (bicyclic) bond motifs is 1. The summed E-state index contributed by atoms with van der Waals surface area (Å²) in [6.45, 7) is 3.55. The number of hydrogen-bond donors (Lipinski definition) is 3. The van der Waals surface area contributed by atoms with E-state index in [1.54, 1.807) is 31.7 Å². The maximum absolute atomic E-state index is 11.9. The van der Waals surface area contributed by atoms with Gasteiger partial charge >= 0.3 is 0 Å². The summed E-state index contributed by atoms with van der Waals surface area (Å²) in [5.41, 5.74) is 11.3. The van der Waals surface area contributed by atoms with Crippen LogP contribution in [-0.4, -0.2) is 37.0 Å². The highest BCUT2D eigenvalue weighted by atomic mass is 32.1. The molecule has 5 aromatic heterocycles. The standard InChI is InChI=1S/C32H32N6O2S/c1-3-27-25(12-20(14-33)21-11-23(16-34-15-21)40-22-7-5-4-6-8-22)32(38-37-27)28-13-24-26(17-35-18-29(24)36-28)31-10-9-30(41-31)19(2)39/h3,9-18,22,36-37H,4-8,33H2,1-2H3/b20-14+,25-12+,27-3-. The Hall–Kier alpha value is -4.50. The minimum Gasteiger partial charge on any atom is -0.489 e. The summed E-state index contributed by atoms with van der Waals surface area (Å²) >= 11 is 1.47. The molecule has 4 N–H and O–H groups in total. The molecule has 1 aliphatic rings. The van der Waals surface area contributed by atoms with Gasteiger partial charge < -0.3 is 15.5 Å². The molecular formula is C32H32N6O2S. The van der Waals surface area contributed by atoms with Gasteiger partial charge in [0.1, 0.15) is 11.4 Å². The number of aromatic amines is 2. The lowest BCUT2D eigenvalue weighted by atomic mass is 9.98. The molecule has 0 unspecified atom stereocenters. The third kappa shape index (κ3) is 5.45. The maximum Gasteiger partial charge on any atom is 0.169 e. The van der Waals surface area contributed by atoms with Crippen molar-refractivity contribution in [2.45, 2.75) is 52.1 Å². The molecule has 9 heteroatoms. The van der Waals surface area contributed by atoms with Gasteiger partial charge in [0.2, 0.25) is 0 Å². The SMILES string of the molecule is C\C=c1/[nH]nc(-c2cc3c(-c4ccc(C(C)=O)s4)cncc3[nH]2)/c1=C/C(=C\N)c1cncc(OC2CCCCC2)c1. The van der Waals surface area contributed by atoms with Crippen molar-refractivity contribution < 1.29 is 9.53 Å². The summed E-state index contributed by atoms with van der Waals surface area (Å²) in [6.07, 6.45) is 18.9. The number of hydrogen-bond acceptors (Lipinski definition) is 7. The van der Waals surface area contributed by atoms with E-state index in [9.17, 15) is 4.79 Å². The van der Waals surface area contributed by atoms with Crippen molar-refractivity contribution in [1.82, 2.24) is 25.1 Å². The Morgan fingerprint density at radius 1 is 1.10 bits per heavy atom. The second-order valence-electron chi connectivity index (χ2n) is 10.3. The molecule has 0 amide bonds. The molecule has 0 atom stereocenters. The number of carbonyl (C=O) groups excluding carboxylic acids is 1. The van der Waals surface area contributed by atoms with E-state index in [0.717, 1.165) is 77.9 Å². The van der Waals surface area contributed by atoms with Crippen LogP contribution in [0.25, 0.3) is 50.5 Å². The Balaban J connectivity index is 1.39. The predicted octanol–water partition coefficient (Wildman–Crippen LogP) is 5.57. The van der Waals surface area contributed by atoms with Crippen LogP contribution >= 0.6 is 11.3 Å². The van der Waals surface area contributed by atoms with Crippen molar-refractivity contribution in [1.29, 1.82) is 0 Å². The minimum absolute atomic E-state index is 0.0567. The van der Waals surface area contributed by atoms with Gasteiger partial charge in [-0.1, -0.05) is 12.5 Å². The molecule has 6 rings (SSSR count). The molecule has 1 aliphatic carbocycles. The third-order valence-corrected chi connectivity index (χ3v) is 8.74. The zero-order chi connectivity index (χ0) is 28.3. The first-order valence-corrected chi connectivity index (χ1v) is 14.7. The van der Waals surface area contributed by atoms with Crippen molar-refractivity contribution >= 4 is 45.7 Å². The van der Waals surface area contributed by atoms with Crippen LogP contribution in [0.1, 0.15) is 61.2 Å². The van der Waals surface area contributed by atoms with Gasteiger partial charge in [-0.2, -0.15) is 5.10 Å². The number of thiophene rings is 1. The number of carbonyl (C=O) groups is 1. The molecule has 5 heterocycles. The molecule has 0 radical (unpaired) electrons. The third-order valence-electron chi connectivity index (χ3n) is 7.52. The fourth-order valence-corrected chi connectivity index (χ4v) is 6.31. The number of nitrogens with one attached hydrogen (secondary N) is 2. The zero-order valence-electron chi connectivity index (χ0n) is 23.1. The predicted molar refractivity (Wildman–Crippen MR) is 165 cm³/mol. The van der Waals surface area contributed by atoms with Gasteiger partial charge in [0.25, 0.3) is 0 Å². The molecule has 0 spiro atoms. The van der Waals surface area contributed by atoms with Crippen molar-refractivity contribution in [3.8, 4) is 27.6 Å². The van der Waals surface area contributed by atoms with Gasteiger partial charge in [-0.3, -0.25) is 19.9 Å². The van der Waals surface area contributed by atoms with Crippen LogP contribution in [0.3, 0.4) is 0 Å². The number of aromatic nitrogens is 5. The van der Waals surface area contributed by atoms with Crippen LogP contribution in [-0.2, 0) is 0 Å². The second kappa shape index (κ2) is 11.5. The largest absolute Gasteiger partial charge is 0.489 e. The van der Waals surface area contributed by atoms with E-state index in [4.69, 9.17) is 10.5 Å². The molecule has 0 aliphatic heterocycles. The van der Waals surface area contributed by atoms with E-state index < -0.39 is 0 Å². The van der Waals surface area contributed by atoms with Crippen LogP contribution in [0.5, 0.6) is 5.75 Å². The van der Waals surface area contributed by atoms with Crippen LogP contribution in [0.2, 0.25) is 0 Å². The number of Topliss-reactive ketones (excluding diaryl/α,β-unsaturated/α-hetero) is 1. The normalized spacial score (nSPS) is 15.6. The number of rotatable bonds is 7. The number of nitrogens with two attached hydrogens (primary N) is 1. The molecule has 208 valence electrons. The Morgan fingerprint density at radius 3 is 2.68 bits per heavy atom. The van der Waals surface area contributed by atoms with E-state index in [1.807, 2.05) is 43.5 Å². The van der Waals surface area contributed by atoms with Gasteiger partial charge in [0, 0.05) is 45.2 Å². The first-order valence-electron chi connectivity index (χ1n) is 13.9. The second-order valence-corrected chi connectivity index (χ2v) is 11.4. The van der Waals surface area contributed by atoms with E-state index in [-0.39, 0.29) is 11.9 Å². The van der Waals surface area contributed by atoms with Gasteiger partial charge in [0.15, 0.2) is 5.78 Å². The minimum atomic E-state index is 0.0567. The van der Waals surface area contributed by atoms with E-state index >= 15 is 0 Å². The van der Waals surface area contributed by atoms with Crippen LogP contribution in [0, 0.1) is 0 Å². The highest BCUT2D eigenvalue weighted by Gasteiger charge is 2.17. The zero-order valence-corrected chi connectivity index (χ0v) is 23.9. The van der Waals surface area contributed by atoms with Gasteiger partial charge in [0.05, 0.1) is 39.9 Å². The first kappa shape index (κ1) is 26.7. The molecule has 1 fully saturated rings.